The molecule has 0 N–H and O–H groups in total. The molecule has 0 fully saturated rings. The Morgan fingerprint density at radius 3 is 2.42 bits per heavy atom. The highest BCUT2D eigenvalue weighted by Gasteiger charge is 2.28. The molecule has 1 unspecified atom stereocenters. The largest absolute Gasteiger partial charge is 0.460 e. The van der Waals surface area contributed by atoms with E-state index in [4.69, 9.17) is 4.74 Å². The predicted molar refractivity (Wildman–Crippen MR) is 124 cm³/mol. The molecule has 3 rings (SSSR count). The van der Waals surface area contributed by atoms with Gasteiger partial charge in [0.15, 0.2) is 0 Å². The van der Waals surface area contributed by atoms with Crippen LogP contribution in [0, 0.1) is 11.6 Å². The molecular formula is C26H32F2N2O3. The van der Waals surface area contributed by atoms with Crippen molar-refractivity contribution in [3.63, 3.8) is 0 Å². The van der Waals surface area contributed by atoms with Gasteiger partial charge in [-0.15, -0.1) is 0 Å². The van der Waals surface area contributed by atoms with Gasteiger partial charge in [-0.05, 0) is 76.1 Å². The first-order valence-electron chi connectivity index (χ1n) is 11.3. The van der Waals surface area contributed by atoms with E-state index in [0.717, 1.165) is 24.0 Å². The number of amides is 1. The summed E-state index contributed by atoms with van der Waals surface area (Å²) in [6.07, 6.45) is 1.67. The number of hydrogen-bond donors (Lipinski definition) is 0. The Kier molecular flexibility index (Phi) is 7.84. The number of esters is 1. The van der Waals surface area contributed by atoms with Gasteiger partial charge in [-0.2, -0.15) is 0 Å². The lowest BCUT2D eigenvalue weighted by molar-refractivity contribution is -0.155. The number of fused-ring (bicyclic) bond motifs is 1. The Labute approximate surface area is 194 Å². The van der Waals surface area contributed by atoms with Crippen LogP contribution in [0.4, 0.5) is 14.5 Å². The number of benzene rings is 2. The summed E-state index contributed by atoms with van der Waals surface area (Å²) >= 11 is 0. The number of carbonyl (C=O) groups excluding carboxylic acids is 2. The Morgan fingerprint density at radius 1 is 1.09 bits per heavy atom. The van der Waals surface area contributed by atoms with Gasteiger partial charge in [-0.25, -0.2) is 8.78 Å². The number of carbonyl (C=O) groups is 2. The zero-order chi connectivity index (χ0) is 24.2. The van der Waals surface area contributed by atoms with Crippen LogP contribution in [0.25, 0.3) is 0 Å². The summed E-state index contributed by atoms with van der Waals surface area (Å²) < 4.78 is 33.0. The smallest absolute Gasteiger partial charge is 0.307 e. The molecule has 1 aliphatic heterocycles. The van der Waals surface area contributed by atoms with E-state index < -0.39 is 11.4 Å². The van der Waals surface area contributed by atoms with Crippen LogP contribution in [0.15, 0.2) is 42.5 Å². The maximum absolute atomic E-state index is 14.2. The number of likely N-dealkylation sites (N-methyl/N-ethyl adjacent to an activating group) is 1. The molecule has 1 heterocycles. The summed E-state index contributed by atoms with van der Waals surface area (Å²) in [5, 5.41) is 0. The van der Waals surface area contributed by atoms with E-state index >= 15 is 0 Å². The van der Waals surface area contributed by atoms with Gasteiger partial charge in [0.2, 0.25) is 5.91 Å². The molecule has 0 spiro atoms. The van der Waals surface area contributed by atoms with Crippen molar-refractivity contribution in [2.75, 3.05) is 31.6 Å². The molecule has 5 nitrogen and oxygen atoms in total. The Balaban J connectivity index is 1.74. The number of nitrogens with zero attached hydrogens (tertiary/aromatic N) is 2. The van der Waals surface area contributed by atoms with E-state index in [0.29, 0.717) is 18.8 Å². The summed E-state index contributed by atoms with van der Waals surface area (Å²) in [5.41, 5.74) is 1.79. The lowest BCUT2D eigenvalue weighted by Crippen LogP contribution is -2.40. The van der Waals surface area contributed by atoms with Crippen molar-refractivity contribution in [2.24, 2.45) is 0 Å². The van der Waals surface area contributed by atoms with Crippen molar-refractivity contribution in [2.45, 2.75) is 51.6 Å². The van der Waals surface area contributed by atoms with Crippen LogP contribution in [-0.2, 0) is 14.3 Å². The van der Waals surface area contributed by atoms with Crippen LogP contribution < -0.4 is 4.90 Å². The molecule has 0 radical (unpaired) electrons. The molecule has 33 heavy (non-hydrogen) atoms. The second-order valence-electron chi connectivity index (χ2n) is 9.57. The van der Waals surface area contributed by atoms with E-state index in [-0.39, 0.29) is 36.6 Å². The van der Waals surface area contributed by atoms with Crippen LogP contribution in [0.1, 0.15) is 57.1 Å². The lowest BCUT2D eigenvalue weighted by Gasteiger charge is -2.27. The second kappa shape index (κ2) is 10.4. The summed E-state index contributed by atoms with van der Waals surface area (Å²) in [6.45, 7) is 6.38. The number of ether oxygens (including phenoxy) is 1. The van der Waals surface area contributed by atoms with E-state index in [1.54, 1.807) is 35.0 Å². The fraction of sp³-hybridized carbons (Fsp3) is 0.462. The third-order valence-corrected chi connectivity index (χ3v) is 5.63. The minimum atomic E-state index is -0.549. The summed E-state index contributed by atoms with van der Waals surface area (Å²) in [7, 11) is 1.77. The number of halogens is 2. The molecule has 2 aromatic carbocycles. The summed E-state index contributed by atoms with van der Waals surface area (Å²) in [4.78, 5) is 28.6. The molecule has 7 heteroatoms. The molecule has 1 aliphatic rings. The quantitative estimate of drug-likeness (QED) is 0.579. The minimum Gasteiger partial charge on any atom is -0.460 e. The van der Waals surface area contributed by atoms with E-state index in [1.165, 1.54) is 24.3 Å². The average Bonchev–Trinajstić information content (AvgIpc) is 2.91. The van der Waals surface area contributed by atoms with Crippen molar-refractivity contribution in [3.05, 3.63) is 65.2 Å². The first-order valence-corrected chi connectivity index (χ1v) is 11.3. The molecule has 0 saturated heterocycles. The van der Waals surface area contributed by atoms with Gasteiger partial charge in [0.25, 0.3) is 0 Å². The monoisotopic (exact) mass is 458 g/mol. The molecule has 0 saturated carbocycles. The maximum Gasteiger partial charge on any atom is 0.307 e. The normalized spacial score (nSPS) is 16.3. The Hall–Kier alpha value is -2.80. The molecule has 0 aromatic heterocycles. The van der Waals surface area contributed by atoms with Gasteiger partial charge < -0.3 is 9.64 Å². The van der Waals surface area contributed by atoms with Crippen molar-refractivity contribution < 1.29 is 23.1 Å². The Bertz CT molecular complexity index is 986. The molecule has 0 aliphatic carbocycles. The van der Waals surface area contributed by atoms with E-state index in [2.05, 4.69) is 0 Å². The summed E-state index contributed by atoms with van der Waals surface area (Å²) in [6, 6.07) is 10.9. The molecule has 1 amide bonds. The van der Waals surface area contributed by atoms with Gasteiger partial charge >= 0.3 is 5.97 Å². The fourth-order valence-corrected chi connectivity index (χ4v) is 4.15. The molecule has 2 aromatic rings. The van der Waals surface area contributed by atoms with Crippen LogP contribution >= 0.6 is 0 Å². The van der Waals surface area contributed by atoms with Gasteiger partial charge in [0.1, 0.15) is 17.2 Å². The van der Waals surface area contributed by atoms with Gasteiger partial charge in [0, 0.05) is 19.0 Å². The third-order valence-electron chi connectivity index (χ3n) is 5.63. The number of rotatable bonds is 6. The van der Waals surface area contributed by atoms with Crippen molar-refractivity contribution in [1.82, 2.24) is 4.90 Å². The molecule has 178 valence electrons. The predicted octanol–water partition coefficient (Wildman–Crippen LogP) is 4.89. The molecular weight excluding hydrogens is 426 g/mol. The first-order chi connectivity index (χ1) is 15.5. The van der Waals surface area contributed by atoms with Gasteiger partial charge in [-0.3, -0.25) is 14.5 Å². The van der Waals surface area contributed by atoms with Crippen LogP contribution in [0.3, 0.4) is 0 Å². The van der Waals surface area contributed by atoms with Gasteiger partial charge in [0.05, 0.1) is 18.7 Å². The second-order valence-corrected chi connectivity index (χ2v) is 9.57. The van der Waals surface area contributed by atoms with Crippen LogP contribution in [-0.4, -0.2) is 49.1 Å². The SMILES string of the molecule is CN(CCC(=O)OC(C)(C)C)CC(=O)N1CCCC(c2ccc(F)cc2)c2ccc(F)cc21. The highest BCUT2D eigenvalue weighted by Crippen LogP contribution is 2.39. The standard InChI is InChI=1S/C26H32F2N2O3/c1-26(2,3)33-25(32)13-15-29(4)17-24(31)30-14-5-6-21(18-7-9-19(27)10-8-18)22-12-11-20(28)16-23(22)30/h7-12,16,21H,5-6,13-15,17H2,1-4H3. The molecule has 1 atom stereocenters. The van der Waals surface area contributed by atoms with Crippen LogP contribution in [0.2, 0.25) is 0 Å². The number of hydrogen-bond acceptors (Lipinski definition) is 4. The Morgan fingerprint density at radius 2 is 1.76 bits per heavy atom. The van der Waals surface area contributed by atoms with Crippen LogP contribution in [0.5, 0.6) is 0 Å². The third kappa shape index (κ3) is 6.84. The highest BCUT2D eigenvalue weighted by molar-refractivity contribution is 5.96. The topological polar surface area (TPSA) is 49.9 Å². The fourth-order valence-electron chi connectivity index (χ4n) is 4.15. The van der Waals surface area contributed by atoms with E-state index in [9.17, 15) is 18.4 Å². The van der Waals surface area contributed by atoms with Gasteiger partial charge in [-0.1, -0.05) is 18.2 Å². The lowest BCUT2D eigenvalue weighted by atomic mass is 9.87. The first kappa shape index (κ1) is 24.8. The maximum atomic E-state index is 14.2. The zero-order valence-corrected chi connectivity index (χ0v) is 19.7. The molecule has 0 bridgehead atoms. The highest BCUT2D eigenvalue weighted by atomic mass is 19.1. The van der Waals surface area contributed by atoms with Crippen molar-refractivity contribution in [1.29, 1.82) is 0 Å². The zero-order valence-electron chi connectivity index (χ0n) is 19.7. The summed E-state index contributed by atoms with van der Waals surface area (Å²) in [5.74, 6) is -1.24. The number of anilines is 1. The van der Waals surface area contributed by atoms with E-state index in [1.807, 2.05) is 20.8 Å². The van der Waals surface area contributed by atoms with Crippen molar-refractivity contribution >= 4 is 17.6 Å². The van der Waals surface area contributed by atoms with Crippen molar-refractivity contribution in [3.8, 4) is 0 Å². The average molecular weight is 459 g/mol. The minimum absolute atomic E-state index is 0.0519.